The SMILES string of the molecule is Clc1nc2cc3c(cc2nc1Cl)CC12c4c5c6c7c8c9c(c%10c%11c1c1c4c4c%12c5c5c6c6c8c8c%13c9c9c%10c%10c%11c%11c1c1c4c4c%12c%12c5c5c6c8c6c8c%13c9c9c%10c%10c%11c1c1c4c4c%12c5c6c5c8c9c%10c1c45)C72C3. The molecule has 1 heterocycles. The molecule has 0 N–H and O–H groups in total. The van der Waals surface area contributed by atoms with Crippen molar-refractivity contribution in [3.8, 4) is 0 Å². The summed E-state index contributed by atoms with van der Waals surface area (Å²) in [4.78, 5) is 10.0. The van der Waals surface area contributed by atoms with Crippen molar-refractivity contribution in [2.24, 2.45) is 0 Å². The van der Waals surface area contributed by atoms with E-state index in [-0.39, 0.29) is 10.8 Å². The van der Waals surface area contributed by atoms with E-state index in [0.29, 0.717) is 10.3 Å². The molecule has 2 nitrogen and oxygen atoms in total. The first kappa shape index (κ1) is 28.2. The Morgan fingerprint density at radius 2 is 0.351 bits per heavy atom. The van der Waals surface area contributed by atoms with Gasteiger partial charge in [-0.3, -0.25) is 0 Å². The van der Waals surface area contributed by atoms with Crippen molar-refractivity contribution in [1.82, 2.24) is 9.97 Å². The summed E-state index contributed by atoms with van der Waals surface area (Å²) in [5.74, 6) is 0. The zero-order valence-electron chi connectivity index (χ0n) is 37.2. The Morgan fingerprint density at radius 1 is 0.216 bits per heavy atom. The van der Waals surface area contributed by atoms with E-state index >= 15 is 0 Å². The number of fused-ring (bicyclic) bond motifs is 2. The highest BCUT2D eigenvalue weighted by molar-refractivity contribution is 6.82. The van der Waals surface area contributed by atoms with Crippen molar-refractivity contribution in [2.75, 3.05) is 0 Å². The molecule has 0 unspecified atom stereocenters. The molecule has 74 heavy (non-hydrogen) atoms. The Bertz CT molecular complexity index is 7230. The van der Waals surface area contributed by atoms with E-state index in [1.807, 2.05) is 0 Å². The summed E-state index contributed by atoms with van der Waals surface area (Å²) in [5, 5.41) is 89.3. The van der Waals surface area contributed by atoms with Crippen molar-refractivity contribution >= 4 is 325 Å². The Labute approximate surface area is 411 Å². The second kappa shape index (κ2) is 6.43. The van der Waals surface area contributed by atoms with Crippen LogP contribution in [-0.2, 0) is 23.7 Å². The van der Waals surface area contributed by atoms with Gasteiger partial charge in [-0.05, 0) is 349 Å². The lowest BCUT2D eigenvalue weighted by Crippen LogP contribution is -2.56. The molecule has 0 bridgehead atoms. The quantitative estimate of drug-likeness (QED) is 0.142. The van der Waals surface area contributed by atoms with Crippen LogP contribution >= 0.6 is 23.2 Å². The van der Waals surface area contributed by atoms with Crippen molar-refractivity contribution in [1.29, 1.82) is 0 Å². The topological polar surface area (TPSA) is 25.8 Å². The molecule has 0 fully saturated rings. The van der Waals surface area contributed by atoms with Crippen molar-refractivity contribution in [3.05, 3.63) is 55.8 Å². The highest BCUT2D eigenvalue weighted by atomic mass is 35.5. The summed E-state index contributed by atoms with van der Waals surface area (Å²) in [6.07, 6.45) is 1.88. The lowest BCUT2D eigenvalue weighted by molar-refractivity contribution is 0.298. The third-order valence-corrected chi connectivity index (χ3v) is 27.1. The first-order valence-corrected chi connectivity index (χ1v) is 27.8. The van der Waals surface area contributed by atoms with Gasteiger partial charge in [0.1, 0.15) is 0 Å². The summed E-state index contributed by atoms with van der Waals surface area (Å²) < 4.78 is 0. The minimum absolute atomic E-state index is 0.291. The molecule has 310 valence electrons. The number of aromatic nitrogens is 2. The van der Waals surface area contributed by atoms with E-state index in [4.69, 9.17) is 33.2 Å². The zero-order chi connectivity index (χ0) is 44.2. The second-order valence-electron chi connectivity index (χ2n) is 26.8. The number of benzene rings is 19. The van der Waals surface area contributed by atoms with Gasteiger partial charge in [-0.1, -0.05) is 23.2 Å². The van der Waals surface area contributed by atoms with Crippen molar-refractivity contribution in [2.45, 2.75) is 23.7 Å². The van der Waals surface area contributed by atoms with Gasteiger partial charge in [0.25, 0.3) is 0 Å². The van der Waals surface area contributed by atoms with E-state index in [0.717, 1.165) is 23.9 Å². The maximum absolute atomic E-state index is 6.80. The van der Waals surface area contributed by atoms with Gasteiger partial charge < -0.3 is 0 Å². The van der Waals surface area contributed by atoms with Gasteiger partial charge in [0.05, 0.1) is 11.0 Å². The van der Waals surface area contributed by atoms with E-state index in [1.54, 1.807) is 313 Å². The normalized spacial score (nSPS) is 21.9. The molecule has 30 aromatic rings. The van der Waals surface area contributed by atoms with E-state index < -0.39 is 0 Å². The summed E-state index contributed by atoms with van der Waals surface area (Å²) in [5.41, 5.74) is 10.8. The number of nitrogens with zero attached hydrogens (tertiary/aromatic N) is 2. The molecule has 0 amide bonds. The zero-order valence-corrected chi connectivity index (χ0v) is 38.7. The Balaban J connectivity index is 1.10. The molecule has 4 heteroatoms. The first-order chi connectivity index (χ1) is 36.7. The number of hydrogen-bond acceptors (Lipinski definition) is 2. The third kappa shape index (κ3) is 1.54. The summed E-state index contributed by atoms with van der Waals surface area (Å²) in [7, 11) is 0. The maximum atomic E-state index is 6.80. The molecule has 0 atom stereocenters. The maximum Gasteiger partial charge on any atom is 0.167 e. The summed E-state index contributed by atoms with van der Waals surface area (Å²) in [6, 6.07) is 4.83. The van der Waals surface area contributed by atoms with E-state index in [1.165, 1.54) is 11.1 Å². The fourth-order valence-electron chi connectivity index (χ4n) is 26.3. The van der Waals surface area contributed by atoms with Gasteiger partial charge >= 0.3 is 0 Å². The van der Waals surface area contributed by atoms with Crippen LogP contribution in [0.4, 0.5) is 0 Å². The van der Waals surface area contributed by atoms with Gasteiger partial charge in [0.15, 0.2) is 10.3 Å². The van der Waals surface area contributed by atoms with Crippen LogP contribution in [0.25, 0.3) is 302 Å². The molecule has 5 aliphatic carbocycles. The van der Waals surface area contributed by atoms with Crippen LogP contribution < -0.4 is 0 Å². The molecule has 1 aromatic heterocycles. The highest BCUT2D eigenvalue weighted by Crippen LogP contribution is 2.85. The molecule has 0 saturated heterocycles. The average Bonchev–Trinajstić information content (AvgIpc) is 4.31. The van der Waals surface area contributed by atoms with Gasteiger partial charge in [0, 0.05) is 10.8 Å². The van der Waals surface area contributed by atoms with Gasteiger partial charge in [-0.15, -0.1) is 0 Å². The highest BCUT2D eigenvalue weighted by Gasteiger charge is 2.70. The standard InChI is InChI=1S/C70H6Cl2N2/c71-67-68(72)74-8-2-6-4-70-65-57-49-39-29-21-13-10-9-11-15-17(13)25-31-23(15)33-27-19(11)20-12(9)16-18-14(10)22(21)30-36-26(18)32-24(16)34-28(20)38-37(27)47-41(33)51-45(31)53(43(49)35(25)29)61(65)59(51)63-55(47)56-48(38)42(34)52-46(32)54-44(36)50(40(30)39)58(57)66(70)62(54)60(52)64(56)69(63,70)3-5(6)1-7(8)73-67/h1-2H,3-4H2. The summed E-state index contributed by atoms with van der Waals surface area (Å²) in [6.45, 7) is 0. The van der Waals surface area contributed by atoms with Gasteiger partial charge in [-0.25, -0.2) is 9.97 Å². The molecule has 2 spiro atoms. The van der Waals surface area contributed by atoms with E-state index in [2.05, 4.69) is 12.1 Å². The largest absolute Gasteiger partial charge is 0.231 e. The van der Waals surface area contributed by atoms with E-state index in [9.17, 15) is 0 Å². The fraction of sp³-hybridized carbons (Fsp3) is 0.0571. The molecular formula is C70H6Cl2N2. The molecule has 0 saturated carbocycles. The third-order valence-electron chi connectivity index (χ3n) is 26.5. The molecule has 0 aliphatic heterocycles. The first-order valence-electron chi connectivity index (χ1n) is 27.1. The van der Waals surface area contributed by atoms with Crippen LogP contribution in [0.5, 0.6) is 0 Å². The Kier molecular flexibility index (Phi) is 2.45. The van der Waals surface area contributed by atoms with Crippen LogP contribution in [0.3, 0.4) is 0 Å². The number of rotatable bonds is 0. The Hall–Kier alpha value is -8.40. The summed E-state index contributed by atoms with van der Waals surface area (Å²) >= 11 is 13.6. The smallest absolute Gasteiger partial charge is 0.167 e. The van der Waals surface area contributed by atoms with Crippen LogP contribution in [-0.4, -0.2) is 9.97 Å². The molecular weight excluding hydrogens is 940 g/mol. The molecule has 35 rings (SSSR count). The molecule has 29 aromatic carbocycles. The number of hydrogen-bond donors (Lipinski definition) is 0. The van der Waals surface area contributed by atoms with Crippen LogP contribution in [0.1, 0.15) is 33.4 Å². The number of halogens is 2. The van der Waals surface area contributed by atoms with Crippen LogP contribution in [0.2, 0.25) is 10.3 Å². The molecule has 5 aliphatic rings. The Morgan fingerprint density at radius 3 is 0.500 bits per heavy atom. The minimum atomic E-state index is -0.331. The predicted molar refractivity (Wildman–Crippen MR) is 311 cm³/mol. The van der Waals surface area contributed by atoms with Gasteiger partial charge in [-0.2, -0.15) is 0 Å². The van der Waals surface area contributed by atoms with Crippen molar-refractivity contribution in [3.63, 3.8) is 0 Å². The lowest BCUT2D eigenvalue weighted by Gasteiger charge is -2.57. The van der Waals surface area contributed by atoms with Crippen molar-refractivity contribution < 1.29 is 0 Å². The predicted octanol–water partition coefficient (Wildman–Crippen LogP) is 19.3. The van der Waals surface area contributed by atoms with Gasteiger partial charge in [0.2, 0.25) is 0 Å². The van der Waals surface area contributed by atoms with Crippen LogP contribution in [0, 0.1) is 0 Å². The van der Waals surface area contributed by atoms with Crippen LogP contribution in [0.15, 0.2) is 12.1 Å². The monoisotopic (exact) mass is 944 g/mol. The minimum Gasteiger partial charge on any atom is -0.231 e. The lowest BCUT2D eigenvalue weighted by atomic mass is 9.43. The average molecular weight is 946 g/mol. The molecule has 0 radical (unpaired) electrons. The fourth-order valence-corrected chi connectivity index (χ4v) is 26.5. The second-order valence-corrected chi connectivity index (χ2v) is 27.5.